The first-order valence-corrected chi connectivity index (χ1v) is 8.36. The molecule has 0 unspecified atom stereocenters. The van der Waals surface area contributed by atoms with E-state index in [9.17, 15) is 0 Å². The summed E-state index contributed by atoms with van der Waals surface area (Å²) in [6.07, 6.45) is 10.3. The monoisotopic (exact) mass is 302 g/mol. The first-order chi connectivity index (χ1) is 10.3. The minimum atomic E-state index is 0.682. The van der Waals surface area contributed by atoms with Crippen LogP contribution in [0, 0.1) is 0 Å². The molecule has 2 aromatic rings. The Hall–Kier alpha value is -1.25. The van der Waals surface area contributed by atoms with Gasteiger partial charge < -0.3 is 9.88 Å². The zero-order valence-corrected chi connectivity index (χ0v) is 13.1. The van der Waals surface area contributed by atoms with Gasteiger partial charge in [-0.1, -0.05) is 37.3 Å². The molecule has 1 aliphatic rings. The van der Waals surface area contributed by atoms with Crippen molar-refractivity contribution in [2.75, 3.05) is 0 Å². The molecule has 1 saturated carbocycles. The summed E-state index contributed by atoms with van der Waals surface area (Å²) >= 11 is 5.97. The molecule has 1 heterocycles. The molecular weight excluding hydrogens is 280 g/mol. The van der Waals surface area contributed by atoms with E-state index < -0.39 is 0 Å². The first-order valence-electron chi connectivity index (χ1n) is 7.98. The zero-order chi connectivity index (χ0) is 14.5. The Morgan fingerprint density at radius 3 is 2.43 bits per heavy atom. The standard InChI is InChI=1S/C18H23ClN2/c19-15-9-11-17(12-10-15)21-13-5-8-18(21)14-20-16-6-3-1-2-4-7-16/h5,8-13,16,20H,1-4,6-7,14H2. The van der Waals surface area contributed by atoms with Gasteiger partial charge in [0.2, 0.25) is 0 Å². The second kappa shape index (κ2) is 7.15. The van der Waals surface area contributed by atoms with Crippen LogP contribution in [0.3, 0.4) is 0 Å². The predicted molar refractivity (Wildman–Crippen MR) is 89.1 cm³/mol. The molecule has 112 valence electrons. The van der Waals surface area contributed by atoms with Crippen molar-refractivity contribution < 1.29 is 0 Å². The largest absolute Gasteiger partial charge is 0.320 e. The van der Waals surface area contributed by atoms with E-state index in [1.165, 1.54) is 49.9 Å². The summed E-state index contributed by atoms with van der Waals surface area (Å²) in [5, 5.41) is 4.52. The molecule has 0 saturated heterocycles. The Kier molecular flexibility index (Phi) is 5.00. The molecule has 21 heavy (non-hydrogen) atoms. The molecule has 0 spiro atoms. The van der Waals surface area contributed by atoms with Crippen molar-refractivity contribution in [2.45, 2.75) is 51.1 Å². The summed E-state index contributed by atoms with van der Waals surface area (Å²) in [7, 11) is 0. The molecule has 1 aromatic carbocycles. The Morgan fingerprint density at radius 1 is 1.00 bits per heavy atom. The van der Waals surface area contributed by atoms with Crippen LogP contribution in [-0.2, 0) is 6.54 Å². The average Bonchev–Trinajstić information content (AvgIpc) is 2.81. The number of nitrogens with zero attached hydrogens (tertiary/aromatic N) is 1. The molecule has 0 atom stereocenters. The van der Waals surface area contributed by atoms with Gasteiger partial charge >= 0.3 is 0 Å². The lowest BCUT2D eigenvalue weighted by Gasteiger charge is -2.17. The Bertz CT molecular complexity index is 551. The van der Waals surface area contributed by atoms with Crippen molar-refractivity contribution >= 4 is 11.6 Å². The van der Waals surface area contributed by atoms with Crippen LogP contribution in [-0.4, -0.2) is 10.6 Å². The molecular formula is C18H23ClN2. The number of halogens is 1. The Morgan fingerprint density at radius 2 is 1.71 bits per heavy atom. The van der Waals surface area contributed by atoms with E-state index in [1.54, 1.807) is 0 Å². The molecule has 3 rings (SSSR count). The van der Waals surface area contributed by atoms with Crippen LogP contribution in [0.2, 0.25) is 5.02 Å². The van der Waals surface area contributed by atoms with Crippen molar-refractivity contribution in [1.29, 1.82) is 0 Å². The van der Waals surface area contributed by atoms with E-state index >= 15 is 0 Å². The van der Waals surface area contributed by atoms with Crippen LogP contribution in [0.25, 0.3) is 5.69 Å². The third-order valence-electron chi connectivity index (χ3n) is 4.37. The maximum atomic E-state index is 5.97. The molecule has 3 heteroatoms. The Labute approximate surface area is 132 Å². The molecule has 0 radical (unpaired) electrons. The van der Waals surface area contributed by atoms with Crippen LogP contribution >= 0.6 is 11.6 Å². The number of aromatic nitrogens is 1. The molecule has 0 amide bonds. The minimum Gasteiger partial charge on any atom is -0.320 e. The zero-order valence-electron chi connectivity index (χ0n) is 12.4. The van der Waals surface area contributed by atoms with Crippen molar-refractivity contribution in [2.24, 2.45) is 0 Å². The summed E-state index contributed by atoms with van der Waals surface area (Å²) in [5.74, 6) is 0. The van der Waals surface area contributed by atoms with Crippen LogP contribution < -0.4 is 5.32 Å². The lowest BCUT2D eigenvalue weighted by Crippen LogP contribution is -2.28. The summed E-state index contributed by atoms with van der Waals surface area (Å²) in [4.78, 5) is 0. The van der Waals surface area contributed by atoms with E-state index in [1.807, 2.05) is 12.1 Å². The summed E-state index contributed by atoms with van der Waals surface area (Å²) in [6.45, 7) is 0.931. The van der Waals surface area contributed by atoms with Gasteiger partial charge in [0.1, 0.15) is 0 Å². The Balaban J connectivity index is 1.66. The van der Waals surface area contributed by atoms with Crippen molar-refractivity contribution in [3.05, 3.63) is 53.3 Å². The number of nitrogens with one attached hydrogen (secondary N) is 1. The van der Waals surface area contributed by atoms with Crippen molar-refractivity contribution in [1.82, 2.24) is 9.88 Å². The summed E-state index contributed by atoms with van der Waals surface area (Å²) < 4.78 is 2.24. The third-order valence-corrected chi connectivity index (χ3v) is 4.62. The molecule has 1 N–H and O–H groups in total. The van der Waals surface area contributed by atoms with Gasteiger partial charge in [-0.05, 0) is 49.2 Å². The number of rotatable bonds is 4. The lowest BCUT2D eigenvalue weighted by atomic mass is 10.1. The molecule has 2 nitrogen and oxygen atoms in total. The number of benzene rings is 1. The van der Waals surface area contributed by atoms with Gasteiger partial charge in [-0.15, -0.1) is 0 Å². The SMILES string of the molecule is Clc1ccc(-n2cccc2CNC2CCCCCC2)cc1. The maximum absolute atomic E-state index is 5.97. The topological polar surface area (TPSA) is 17.0 Å². The van der Waals surface area contributed by atoms with E-state index in [-0.39, 0.29) is 0 Å². The summed E-state index contributed by atoms with van der Waals surface area (Å²) in [6, 6.07) is 13.0. The van der Waals surface area contributed by atoms with Gasteiger partial charge in [-0.2, -0.15) is 0 Å². The highest BCUT2D eigenvalue weighted by molar-refractivity contribution is 6.30. The normalized spacial score (nSPS) is 16.8. The first kappa shape index (κ1) is 14.7. The second-order valence-corrected chi connectivity index (χ2v) is 6.35. The van der Waals surface area contributed by atoms with Crippen molar-refractivity contribution in [3.8, 4) is 5.69 Å². The highest BCUT2D eigenvalue weighted by atomic mass is 35.5. The molecule has 0 aliphatic heterocycles. The highest BCUT2D eigenvalue weighted by Crippen LogP contribution is 2.19. The summed E-state index contributed by atoms with van der Waals surface area (Å²) in [5.41, 5.74) is 2.48. The molecule has 1 aliphatic carbocycles. The number of hydrogen-bond donors (Lipinski definition) is 1. The van der Waals surface area contributed by atoms with Gasteiger partial charge in [0, 0.05) is 35.2 Å². The van der Waals surface area contributed by atoms with Gasteiger partial charge in [0.15, 0.2) is 0 Å². The quantitative estimate of drug-likeness (QED) is 0.791. The fourth-order valence-corrected chi connectivity index (χ4v) is 3.27. The molecule has 0 bridgehead atoms. The third kappa shape index (κ3) is 3.90. The number of hydrogen-bond acceptors (Lipinski definition) is 1. The fraction of sp³-hybridized carbons (Fsp3) is 0.444. The second-order valence-electron chi connectivity index (χ2n) is 5.92. The van der Waals surface area contributed by atoms with Crippen LogP contribution in [0.4, 0.5) is 0 Å². The van der Waals surface area contributed by atoms with Crippen molar-refractivity contribution in [3.63, 3.8) is 0 Å². The minimum absolute atomic E-state index is 0.682. The van der Waals surface area contributed by atoms with E-state index in [4.69, 9.17) is 11.6 Å². The maximum Gasteiger partial charge on any atom is 0.0453 e. The average molecular weight is 303 g/mol. The van der Waals surface area contributed by atoms with Crippen LogP contribution in [0.15, 0.2) is 42.6 Å². The van der Waals surface area contributed by atoms with E-state index in [0.717, 1.165) is 11.6 Å². The highest BCUT2D eigenvalue weighted by Gasteiger charge is 2.12. The van der Waals surface area contributed by atoms with E-state index in [2.05, 4.69) is 40.3 Å². The van der Waals surface area contributed by atoms with Crippen LogP contribution in [0.5, 0.6) is 0 Å². The van der Waals surface area contributed by atoms with Gasteiger partial charge in [-0.25, -0.2) is 0 Å². The van der Waals surface area contributed by atoms with Crippen LogP contribution in [0.1, 0.15) is 44.2 Å². The lowest BCUT2D eigenvalue weighted by molar-refractivity contribution is 0.454. The smallest absolute Gasteiger partial charge is 0.0453 e. The fourth-order valence-electron chi connectivity index (χ4n) is 3.15. The predicted octanol–water partition coefficient (Wildman–Crippen LogP) is 4.94. The molecule has 1 aromatic heterocycles. The van der Waals surface area contributed by atoms with Gasteiger partial charge in [0.25, 0.3) is 0 Å². The van der Waals surface area contributed by atoms with Gasteiger partial charge in [-0.3, -0.25) is 0 Å². The van der Waals surface area contributed by atoms with E-state index in [0.29, 0.717) is 6.04 Å². The molecule has 1 fully saturated rings. The van der Waals surface area contributed by atoms with Gasteiger partial charge in [0.05, 0.1) is 0 Å².